The molecule has 1 aliphatic carbocycles. The summed E-state index contributed by atoms with van der Waals surface area (Å²) < 4.78 is 105. The van der Waals surface area contributed by atoms with Gasteiger partial charge in [0.2, 0.25) is 5.79 Å². The monoisotopic (exact) mass is 973 g/mol. The quantitative estimate of drug-likeness (QED) is 0.0639. The van der Waals surface area contributed by atoms with Crippen molar-refractivity contribution in [1.29, 1.82) is 0 Å². The van der Waals surface area contributed by atoms with Crippen LogP contribution >= 0.6 is 0 Å². The van der Waals surface area contributed by atoms with Gasteiger partial charge in [-0.25, -0.2) is 9.78 Å². The van der Waals surface area contributed by atoms with E-state index in [9.17, 15) is 0 Å². The molecular weight excluding hydrogens is 884 g/mol. The number of methoxy groups -OCH3 is 3. The minimum absolute atomic E-state index is 0.0195. The van der Waals surface area contributed by atoms with Crippen LogP contribution in [0.1, 0.15) is 46.5 Å². The molecule has 0 aromatic carbocycles. The average molecular weight is 973 g/mol. The lowest BCUT2D eigenvalue weighted by atomic mass is 9.58. The Kier molecular flexibility index (Phi) is 31.0. The topological polar surface area (TPSA) is 185 Å². The second-order valence-electron chi connectivity index (χ2n) is 17.7. The van der Waals surface area contributed by atoms with Crippen molar-refractivity contribution in [2.45, 2.75) is 70.4 Å². The van der Waals surface area contributed by atoms with E-state index in [4.69, 9.17) is 95.0 Å². The summed E-state index contributed by atoms with van der Waals surface area (Å²) in [7, 11) is 4.94. The van der Waals surface area contributed by atoms with Gasteiger partial charge in [0.05, 0.1) is 190 Å². The highest BCUT2D eigenvalue weighted by molar-refractivity contribution is 5.09. The first kappa shape index (κ1) is 58.8. The zero-order valence-electron chi connectivity index (χ0n) is 41.8. The molecule has 20 nitrogen and oxygen atoms in total. The SMILES string of the molecule is COCCOCCOCCOCCOCC(COCCOCCOCCOCCOC)(COCCOCCOCCOCCOC)COC1O[C@H]2OC3(C)CC[C@H]4[C@H](C)CC[C@@H]([C@H]1C)[C@@]24OO3. The Bertz CT molecular complexity index is 1120. The second kappa shape index (κ2) is 35.3. The molecule has 2 unspecified atom stereocenters. The van der Waals surface area contributed by atoms with E-state index in [1.165, 1.54) is 0 Å². The van der Waals surface area contributed by atoms with Gasteiger partial charge in [-0.3, -0.25) is 0 Å². The molecule has 2 bridgehead atoms. The van der Waals surface area contributed by atoms with Crippen molar-refractivity contribution >= 4 is 0 Å². The minimum Gasteiger partial charge on any atom is -0.382 e. The molecular formula is C47H88O20. The van der Waals surface area contributed by atoms with Crippen LogP contribution in [0.5, 0.6) is 0 Å². The van der Waals surface area contributed by atoms with Gasteiger partial charge in [-0.1, -0.05) is 13.8 Å². The fraction of sp³-hybridized carbons (Fsp3) is 1.00. The first-order valence-corrected chi connectivity index (χ1v) is 24.5. The van der Waals surface area contributed by atoms with E-state index in [0.717, 1.165) is 25.7 Å². The normalized spacial score (nSPS) is 27.1. The summed E-state index contributed by atoms with van der Waals surface area (Å²) in [5.41, 5.74) is -1.45. The maximum absolute atomic E-state index is 6.86. The van der Waals surface area contributed by atoms with Gasteiger partial charge in [-0.05, 0) is 38.0 Å². The predicted molar refractivity (Wildman–Crippen MR) is 241 cm³/mol. The summed E-state index contributed by atoms with van der Waals surface area (Å²) in [5, 5.41) is 0. The molecule has 0 N–H and O–H groups in total. The van der Waals surface area contributed by atoms with Crippen LogP contribution in [0, 0.1) is 29.1 Å². The Morgan fingerprint density at radius 2 is 0.806 bits per heavy atom. The molecule has 396 valence electrons. The average Bonchev–Trinajstić information content (AvgIpc) is 3.56. The first-order valence-electron chi connectivity index (χ1n) is 24.5. The third-order valence-electron chi connectivity index (χ3n) is 12.5. The molecule has 4 heterocycles. The van der Waals surface area contributed by atoms with Crippen molar-refractivity contribution in [3.8, 4) is 0 Å². The molecule has 20 heteroatoms. The Morgan fingerprint density at radius 3 is 1.19 bits per heavy atom. The summed E-state index contributed by atoms with van der Waals surface area (Å²) in [5.74, 6) is -0.112. The number of hydrogen-bond donors (Lipinski definition) is 0. The van der Waals surface area contributed by atoms with Gasteiger partial charge < -0.3 is 85.3 Å². The zero-order chi connectivity index (χ0) is 47.7. The third-order valence-corrected chi connectivity index (χ3v) is 12.5. The standard InChI is InChI=1S/C47H88O20/c1-39-7-8-42-40(2)43(64-44-47(42)41(39)9-10-45(3,65-44)66-67-47)63-38-46(35-60-32-29-57-26-23-54-20-17-51-14-11-48-4,36-61-33-30-58-27-24-55-21-18-52-15-12-49-5)37-62-34-31-59-28-25-56-22-19-53-16-13-50-6/h39-44H,7-38H2,1-6H3/t39-,40-,41+,42+,43?,44+,45?,47-/m1/s1. The van der Waals surface area contributed by atoms with Gasteiger partial charge in [-0.2, -0.15) is 0 Å². The van der Waals surface area contributed by atoms with Gasteiger partial charge in [-0.15, -0.1) is 0 Å². The zero-order valence-corrected chi connectivity index (χ0v) is 41.8. The van der Waals surface area contributed by atoms with Gasteiger partial charge >= 0.3 is 0 Å². The van der Waals surface area contributed by atoms with Gasteiger partial charge in [0.1, 0.15) is 0 Å². The summed E-state index contributed by atoms with van der Waals surface area (Å²) in [6, 6.07) is 0. The van der Waals surface area contributed by atoms with Crippen LogP contribution in [0.4, 0.5) is 0 Å². The van der Waals surface area contributed by atoms with E-state index >= 15 is 0 Å². The molecule has 0 radical (unpaired) electrons. The lowest BCUT2D eigenvalue weighted by Gasteiger charge is -2.60. The van der Waals surface area contributed by atoms with Crippen molar-refractivity contribution in [2.24, 2.45) is 29.1 Å². The van der Waals surface area contributed by atoms with Crippen LogP contribution in [0.15, 0.2) is 0 Å². The summed E-state index contributed by atoms with van der Waals surface area (Å²) in [4.78, 5) is 12.4. The van der Waals surface area contributed by atoms with E-state index < -0.39 is 29.4 Å². The fourth-order valence-corrected chi connectivity index (χ4v) is 8.84. The highest BCUT2D eigenvalue weighted by Crippen LogP contribution is 2.60. The van der Waals surface area contributed by atoms with Crippen LogP contribution in [0.3, 0.4) is 0 Å². The van der Waals surface area contributed by atoms with Gasteiger partial charge in [0.25, 0.3) is 0 Å². The maximum atomic E-state index is 6.86. The van der Waals surface area contributed by atoms with Crippen LogP contribution in [0.2, 0.25) is 0 Å². The summed E-state index contributed by atoms with van der Waals surface area (Å²) >= 11 is 0. The van der Waals surface area contributed by atoms with Crippen molar-refractivity contribution in [1.82, 2.24) is 0 Å². The first-order chi connectivity index (χ1) is 32.8. The smallest absolute Gasteiger partial charge is 0.201 e. The van der Waals surface area contributed by atoms with Crippen molar-refractivity contribution in [3.05, 3.63) is 0 Å². The van der Waals surface area contributed by atoms with Crippen molar-refractivity contribution in [3.63, 3.8) is 0 Å². The Hall–Kier alpha value is -0.800. The number of ether oxygens (including phenoxy) is 18. The van der Waals surface area contributed by atoms with Gasteiger partial charge in [0, 0.05) is 39.6 Å². The van der Waals surface area contributed by atoms with Gasteiger partial charge in [0.15, 0.2) is 18.2 Å². The second-order valence-corrected chi connectivity index (χ2v) is 17.7. The van der Waals surface area contributed by atoms with Crippen molar-refractivity contribution in [2.75, 3.05) is 206 Å². The molecule has 1 saturated carbocycles. The largest absolute Gasteiger partial charge is 0.382 e. The Morgan fingerprint density at radius 1 is 0.433 bits per heavy atom. The lowest BCUT2D eigenvalue weighted by molar-refractivity contribution is -0.577. The predicted octanol–water partition coefficient (Wildman–Crippen LogP) is 3.34. The van der Waals surface area contributed by atoms with E-state index in [1.807, 2.05) is 6.92 Å². The molecule has 8 atom stereocenters. The van der Waals surface area contributed by atoms with Crippen LogP contribution in [-0.4, -0.2) is 230 Å². The maximum Gasteiger partial charge on any atom is 0.201 e. The number of fused-ring (bicyclic) bond motifs is 2. The molecule has 67 heavy (non-hydrogen) atoms. The Labute approximate surface area is 400 Å². The van der Waals surface area contributed by atoms with Crippen LogP contribution < -0.4 is 0 Å². The summed E-state index contributed by atoms with van der Waals surface area (Å²) in [6.07, 6.45) is 2.50. The highest BCUT2D eigenvalue weighted by atomic mass is 17.3. The number of rotatable bonds is 45. The van der Waals surface area contributed by atoms with Crippen molar-refractivity contribution < 1.29 is 95.0 Å². The van der Waals surface area contributed by atoms with E-state index in [-0.39, 0.29) is 44.2 Å². The lowest BCUT2D eigenvalue weighted by Crippen LogP contribution is -2.70. The molecule has 4 saturated heterocycles. The molecule has 0 aromatic rings. The molecule has 5 rings (SSSR count). The summed E-state index contributed by atoms with van der Waals surface area (Å²) in [6.45, 7) is 18.4. The van der Waals surface area contributed by atoms with E-state index in [1.54, 1.807) is 21.3 Å². The van der Waals surface area contributed by atoms with E-state index in [2.05, 4.69) is 13.8 Å². The highest BCUT2D eigenvalue weighted by Gasteiger charge is 2.69. The number of hydrogen-bond acceptors (Lipinski definition) is 20. The molecule has 0 aromatic heterocycles. The molecule has 4 aliphatic heterocycles. The fourth-order valence-electron chi connectivity index (χ4n) is 8.84. The van der Waals surface area contributed by atoms with E-state index in [0.29, 0.717) is 164 Å². The molecule has 5 aliphatic rings. The van der Waals surface area contributed by atoms with Crippen LogP contribution in [0.25, 0.3) is 0 Å². The molecule has 5 fully saturated rings. The molecule has 0 amide bonds. The third kappa shape index (κ3) is 21.4. The van der Waals surface area contributed by atoms with Crippen LogP contribution in [-0.2, 0) is 95.0 Å². The minimum atomic E-state index is -0.895. The molecule has 1 spiro atoms. The Balaban J connectivity index is 1.34.